The van der Waals surface area contributed by atoms with Crippen LogP contribution in [-0.2, 0) is 16.0 Å². The Morgan fingerprint density at radius 2 is 2.22 bits per heavy atom. The maximum absolute atomic E-state index is 11.3. The van der Waals surface area contributed by atoms with Gasteiger partial charge in [0.1, 0.15) is 11.3 Å². The summed E-state index contributed by atoms with van der Waals surface area (Å²) in [5.74, 6) is -0.594. The highest BCUT2D eigenvalue weighted by atomic mass is 35.5. The maximum Gasteiger partial charge on any atom is 0.310 e. The SMILES string of the molecule is CCOC(=O)Cc1c(C=O)ccc([N+](=O)[O-])c1Cl. The normalized spacial score (nSPS) is 9.89. The smallest absolute Gasteiger partial charge is 0.310 e. The number of hydrogen-bond donors (Lipinski definition) is 0. The number of nitrogens with zero attached hydrogens (tertiary/aromatic N) is 1. The quantitative estimate of drug-likeness (QED) is 0.354. The number of nitro benzene ring substituents is 1. The first-order valence-corrected chi connectivity index (χ1v) is 5.45. The lowest BCUT2D eigenvalue weighted by Crippen LogP contribution is -2.10. The number of nitro groups is 1. The van der Waals surface area contributed by atoms with Gasteiger partial charge < -0.3 is 4.74 Å². The summed E-state index contributed by atoms with van der Waals surface area (Å²) < 4.78 is 4.72. The molecule has 0 bridgehead atoms. The predicted molar refractivity (Wildman–Crippen MR) is 63.8 cm³/mol. The van der Waals surface area contributed by atoms with Gasteiger partial charge in [-0.05, 0) is 18.6 Å². The Morgan fingerprint density at radius 1 is 1.56 bits per heavy atom. The van der Waals surface area contributed by atoms with Crippen molar-refractivity contribution in [2.45, 2.75) is 13.3 Å². The highest BCUT2D eigenvalue weighted by Crippen LogP contribution is 2.30. The molecule has 7 heteroatoms. The van der Waals surface area contributed by atoms with Crippen LogP contribution in [-0.4, -0.2) is 23.8 Å². The molecule has 0 aliphatic heterocycles. The zero-order valence-corrected chi connectivity index (χ0v) is 10.3. The van der Waals surface area contributed by atoms with Crippen LogP contribution in [0.5, 0.6) is 0 Å². The van der Waals surface area contributed by atoms with E-state index in [0.29, 0.717) is 6.29 Å². The van der Waals surface area contributed by atoms with Crippen molar-refractivity contribution in [3.05, 3.63) is 38.4 Å². The van der Waals surface area contributed by atoms with Crippen LogP contribution >= 0.6 is 11.6 Å². The number of rotatable bonds is 5. The van der Waals surface area contributed by atoms with Gasteiger partial charge in [-0.25, -0.2) is 0 Å². The van der Waals surface area contributed by atoms with Gasteiger partial charge in [-0.3, -0.25) is 19.7 Å². The molecule has 0 atom stereocenters. The summed E-state index contributed by atoms with van der Waals surface area (Å²) in [6.45, 7) is 1.81. The minimum absolute atomic E-state index is 0.110. The molecule has 0 N–H and O–H groups in total. The van der Waals surface area contributed by atoms with Gasteiger partial charge in [0.2, 0.25) is 0 Å². The van der Waals surface area contributed by atoms with Crippen LogP contribution in [0.3, 0.4) is 0 Å². The van der Waals surface area contributed by atoms with Crippen LogP contribution in [0, 0.1) is 10.1 Å². The Hall–Kier alpha value is -1.95. The first-order valence-electron chi connectivity index (χ1n) is 5.07. The van der Waals surface area contributed by atoms with E-state index >= 15 is 0 Å². The number of aldehydes is 1. The standard InChI is InChI=1S/C11H10ClNO5/c1-2-18-10(15)5-8-7(6-14)3-4-9(11(8)12)13(16)17/h3-4,6H,2,5H2,1H3. The molecule has 18 heavy (non-hydrogen) atoms. The minimum Gasteiger partial charge on any atom is -0.466 e. The van der Waals surface area contributed by atoms with Crippen LogP contribution < -0.4 is 0 Å². The molecule has 0 aliphatic rings. The van der Waals surface area contributed by atoms with E-state index in [0.717, 1.165) is 6.07 Å². The van der Waals surface area contributed by atoms with Crippen molar-refractivity contribution in [3.63, 3.8) is 0 Å². The van der Waals surface area contributed by atoms with Gasteiger partial charge in [0.05, 0.1) is 18.0 Å². The van der Waals surface area contributed by atoms with E-state index in [2.05, 4.69) is 0 Å². The zero-order chi connectivity index (χ0) is 13.7. The molecule has 0 heterocycles. The van der Waals surface area contributed by atoms with Crippen LogP contribution in [0.2, 0.25) is 5.02 Å². The highest BCUT2D eigenvalue weighted by molar-refractivity contribution is 6.34. The van der Waals surface area contributed by atoms with Gasteiger partial charge in [0, 0.05) is 11.6 Å². The average Bonchev–Trinajstić information content (AvgIpc) is 2.31. The Labute approximate surface area is 108 Å². The molecule has 0 fully saturated rings. The van der Waals surface area contributed by atoms with E-state index in [1.54, 1.807) is 6.92 Å². The second-order valence-electron chi connectivity index (χ2n) is 3.32. The largest absolute Gasteiger partial charge is 0.466 e. The Balaban J connectivity index is 3.21. The Bertz CT molecular complexity index is 500. The second kappa shape index (κ2) is 6.11. The van der Waals surface area contributed by atoms with Gasteiger partial charge in [-0.1, -0.05) is 11.6 Å². The van der Waals surface area contributed by atoms with Crippen molar-refractivity contribution >= 4 is 29.5 Å². The van der Waals surface area contributed by atoms with Crippen molar-refractivity contribution in [2.24, 2.45) is 0 Å². The van der Waals surface area contributed by atoms with Crippen LogP contribution in [0.1, 0.15) is 22.8 Å². The fourth-order valence-electron chi connectivity index (χ4n) is 1.41. The molecular formula is C11H10ClNO5. The molecule has 0 amide bonds. The first-order chi connectivity index (χ1) is 8.51. The molecule has 0 unspecified atom stereocenters. The third-order valence-electron chi connectivity index (χ3n) is 2.21. The average molecular weight is 272 g/mol. The van der Waals surface area contributed by atoms with Gasteiger partial charge in [0.15, 0.2) is 0 Å². The first kappa shape index (κ1) is 14.1. The lowest BCUT2D eigenvalue weighted by Gasteiger charge is -2.07. The summed E-state index contributed by atoms with van der Waals surface area (Å²) in [7, 11) is 0. The molecule has 0 radical (unpaired) electrons. The predicted octanol–water partition coefficient (Wildman–Crippen LogP) is 2.17. The Morgan fingerprint density at radius 3 is 2.72 bits per heavy atom. The summed E-state index contributed by atoms with van der Waals surface area (Å²) in [5.41, 5.74) is -0.0977. The van der Waals surface area contributed by atoms with Gasteiger partial charge >= 0.3 is 5.97 Å². The Kier molecular flexibility index (Phi) is 4.79. The van der Waals surface area contributed by atoms with Gasteiger partial charge in [-0.2, -0.15) is 0 Å². The maximum atomic E-state index is 11.3. The zero-order valence-electron chi connectivity index (χ0n) is 9.51. The third kappa shape index (κ3) is 3.04. The summed E-state index contributed by atoms with van der Waals surface area (Å²) in [6, 6.07) is 2.38. The molecule has 0 saturated carbocycles. The van der Waals surface area contributed by atoms with Crippen molar-refractivity contribution < 1.29 is 19.2 Å². The molecule has 0 saturated heterocycles. The van der Waals surface area contributed by atoms with E-state index in [-0.39, 0.29) is 34.9 Å². The summed E-state index contributed by atoms with van der Waals surface area (Å²) in [4.78, 5) is 32.2. The molecular weight excluding hydrogens is 262 g/mol. The van der Waals surface area contributed by atoms with E-state index in [1.807, 2.05) is 0 Å². The summed E-state index contributed by atoms with van der Waals surface area (Å²) in [5, 5.41) is 10.5. The molecule has 0 spiro atoms. The van der Waals surface area contributed by atoms with Crippen LogP contribution in [0.15, 0.2) is 12.1 Å². The lowest BCUT2D eigenvalue weighted by molar-refractivity contribution is -0.384. The molecule has 0 aromatic heterocycles. The fourth-order valence-corrected chi connectivity index (χ4v) is 1.72. The topological polar surface area (TPSA) is 86.5 Å². The van der Waals surface area contributed by atoms with Gasteiger partial charge in [-0.15, -0.1) is 0 Å². The molecule has 0 aliphatic carbocycles. The van der Waals surface area contributed by atoms with Crippen molar-refractivity contribution in [1.82, 2.24) is 0 Å². The number of benzene rings is 1. The van der Waals surface area contributed by atoms with Crippen molar-refractivity contribution in [1.29, 1.82) is 0 Å². The highest BCUT2D eigenvalue weighted by Gasteiger charge is 2.21. The number of carbonyl (C=O) groups excluding carboxylic acids is 2. The minimum atomic E-state index is -0.675. The molecule has 96 valence electrons. The number of halogens is 1. The van der Waals surface area contributed by atoms with Crippen molar-refractivity contribution in [2.75, 3.05) is 6.61 Å². The molecule has 1 aromatic carbocycles. The van der Waals surface area contributed by atoms with Crippen LogP contribution in [0.25, 0.3) is 0 Å². The number of hydrogen-bond acceptors (Lipinski definition) is 5. The fraction of sp³-hybridized carbons (Fsp3) is 0.273. The third-order valence-corrected chi connectivity index (χ3v) is 2.63. The van der Waals surface area contributed by atoms with E-state index < -0.39 is 10.9 Å². The van der Waals surface area contributed by atoms with Crippen molar-refractivity contribution in [3.8, 4) is 0 Å². The second-order valence-corrected chi connectivity index (χ2v) is 3.70. The summed E-state index contributed by atoms with van der Waals surface area (Å²) >= 11 is 5.82. The number of ether oxygens (including phenoxy) is 1. The number of esters is 1. The molecule has 1 aromatic rings. The van der Waals surface area contributed by atoms with E-state index in [1.165, 1.54) is 6.07 Å². The number of carbonyl (C=O) groups is 2. The lowest BCUT2D eigenvalue weighted by atomic mass is 10.0. The molecule has 1 rings (SSSR count). The monoisotopic (exact) mass is 271 g/mol. The van der Waals surface area contributed by atoms with Gasteiger partial charge in [0.25, 0.3) is 5.69 Å². The van der Waals surface area contributed by atoms with E-state index in [9.17, 15) is 19.7 Å². The molecule has 6 nitrogen and oxygen atoms in total. The summed E-state index contributed by atoms with van der Waals surface area (Å²) in [6.07, 6.45) is 0.215. The van der Waals surface area contributed by atoms with Crippen LogP contribution in [0.4, 0.5) is 5.69 Å². The van der Waals surface area contributed by atoms with E-state index in [4.69, 9.17) is 16.3 Å².